The summed E-state index contributed by atoms with van der Waals surface area (Å²) in [5.74, 6) is -3.62. The zero-order valence-electron chi connectivity index (χ0n) is 10.5. The van der Waals surface area contributed by atoms with E-state index in [2.05, 4.69) is 0 Å². The van der Waals surface area contributed by atoms with Gasteiger partial charge in [-0.2, -0.15) is 0 Å². The van der Waals surface area contributed by atoms with Gasteiger partial charge in [-0.1, -0.05) is 12.1 Å². The molecule has 2 aromatic carbocycles. The third kappa shape index (κ3) is 1.69. The van der Waals surface area contributed by atoms with E-state index in [1.54, 1.807) is 0 Å². The minimum absolute atomic E-state index is 0.0190. The van der Waals surface area contributed by atoms with Crippen LogP contribution in [0.25, 0.3) is 0 Å². The number of aromatic carboxylic acids is 1. The summed E-state index contributed by atoms with van der Waals surface area (Å²) < 4.78 is 0. The van der Waals surface area contributed by atoms with E-state index in [9.17, 15) is 24.6 Å². The van der Waals surface area contributed by atoms with E-state index >= 15 is 0 Å². The second kappa shape index (κ2) is 4.17. The average Bonchev–Trinajstić information content (AvgIpc) is 2.43. The van der Waals surface area contributed by atoms with Gasteiger partial charge in [0.15, 0.2) is 5.78 Å². The second-order valence-electron chi connectivity index (χ2n) is 4.58. The number of ketones is 2. The standard InChI is InChI=1S/C15H8O6/c16-9-3-1-2-7-11(9)14(19)12-8(13(7)18)4-6(15(20)21)5-10(12)17/h1-5,16-17H,(H,20,21)/i4+1,5+1,6+1,8+1,10+1,12+1. The molecule has 3 rings (SSSR count). The van der Waals surface area contributed by atoms with Crippen LogP contribution in [0.5, 0.6) is 11.5 Å². The third-order valence-electron chi connectivity index (χ3n) is 3.35. The van der Waals surface area contributed by atoms with E-state index in [0.29, 0.717) is 0 Å². The summed E-state index contributed by atoms with van der Waals surface area (Å²) in [5.41, 5.74) is -0.978. The lowest BCUT2D eigenvalue weighted by Gasteiger charge is -2.19. The molecule has 6 nitrogen and oxygen atoms in total. The van der Waals surface area contributed by atoms with E-state index in [1.165, 1.54) is 18.2 Å². The molecule has 0 bridgehead atoms. The predicted molar refractivity (Wildman–Crippen MR) is 70.0 cm³/mol. The molecule has 0 heterocycles. The molecule has 0 aromatic heterocycles. The number of benzene rings is 2. The molecule has 3 N–H and O–H groups in total. The molecule has 104 valence electrons. The van der Waals surface area contributed by atoms with Crippen molar-refractivity contribution in [2.24, 2.45) is 0 Å². The van der Waals surface area contributed by atoms with Crippen molar-refractivity contribution >= 4 is 17.5 Å². The van der Waals surface area contributed by atoms with Crippen LogP contribution in [0.1, 0.15) is 42.2 Å². The molecule has 21 heavy (non-hydrogen) atoms. The van der Waals surface area contributed by atoms with Crippen molar-refractivity contribution in [1.82, 2.24) is 0 Å². The number of carbonyl (C=O) groups is 3. The maximum absolute atomic E-state index is 12.4. The zero-order chi connectivity index (χ0) is 15.3. The first-order chi connectivity index (χ1) is 9.91. The fourth-order valence-electron chi connectivity index (χ4n) is 2.41. The molecule has 0 radical (unpaired) electrons. The highest BCUT2D eigenvalue weighted by Crippen LogP contribution is 2.37. The Morgan fingerprint density at radius 2 is 1.52 bits per heavy atom. The van der Waals surface area contributed by atoms with Crippen molar-refractivity contribution in [3.63, 3.8) is 0 Å². The van der Waals surface area contributed by atoms with Gasteiger partial charge in [-0.15, -0.1) is 0 Å². The maximum atomic E-state index is 12.4. The Labute approximate surface area is 117 Å². The fraction of sp³-hybridized carbons (Fsp3) is 0. The number of phenols is 2. The molecule has 1 aliphatic carbocycles. The number of carbonyl (C=O) groups excluding carboxylic acids is 2. The molecule has 0 spiro atoms. The number of carboxylic acids is 1. The summed E-state index contributed by atoms with van der Waals surface area (Å²) in [7, 11) is 0. The van der Waals surface area contributed by atoms with Gasteiger partial charge in [0.25, 0.3) is 0 Å². The van der Waals surface area contributed by atoms with Crippen LogP contribution in [0, 0.1) is 0 Å². The fourth-order valence-corrected chi connectivity index (χ4v) is 2.41. The van der Waals surface area contributed by atoms with E-state index in [-0.39, 0.29) is 33.6 Å². The summed E-state index contributed by atoms with van der Waals surface area (Å²) in [5, 5.41) is 28.6. The highest BCUT2D eigenvalue weighted by Gasteiger charge is 2.34. The van der Waals surface area contributed by atoms with E-state index in [1.807, 2.05) is 0 Å². The van der Waals surface area contributed by atoms with Crippen molar-refractivity contribution in [3.05, 3.63) is 58.1 Å². The van der Waals surface area contributed by atoms with Crippen molar-refractivity contribution < 1.29 is 29.7 Å². The van der Waals surface area contributed by atoms with Crippen LogP contribution in [0.15, 0.2) is 30.3 Å². The van der Waals surface area contributed by atoms with Crippen LogP contribution in [0.4, 0.5) is 0 Å². The Bertz CT molecular complexity index is 834. The van der Waals surface area contributed by atoms with Crippen LogP contribution in [-0.2, 0) is 0 Å². The maximum Gasteiger partial charge on any atom is 0.335 e. The summed E-state index contributed by atoms with van der Waals surface area (Å²) in [4.78, 5) is 35.7. The van der Waals surface area contributed by atoms with Gasteiger partial charge in [0.2, 0.25) is 5.78 Å². The van der Waals surface area contributed by atoms with E-state index in [0.717, 1.165) is 12.1 Å². The Kier molecular flexibility index (Phi) is 2.56. The summed E-state index contributed by atoms with van der Waals surface area (Å²) in [6, 6.07) is 5.98. The molecule has 0 saturated carbocycles. The number of aromatic hydroxyl groups is 2. The molecule has 2 aromatic rings. The minimum atomic E-state index is -1.32. The van der Waals surface area contributed by atoms with Crippen molar-refractivity contribution in [2.75, 3.05) is 0 Å². The molecule has 1 aliphatic rings. The lowest BCUT2D eigenvalue weighted by Crippen LogP contribution is -2.22. The van der Waals surface area contributed by atoms with Crippen LogP contribution >= 0.6 is 0 Å². The highest BCUT2D eigenvalue weighted by atomic mass is 16.4. The van der Waals surface area contributed by atoms with Crippen molar-refractivity contribution in [2.45, 2.75) is 0 Å². The minimum Gasteiger partial charge on any atom is -0.507 e. The average molecular weight is 290 g/mol. The first-order valence-electron chi connectivity index (χ1n) is 5.93. The molecule has 0 saturated heterocycles. The van der Waals surface area contributed by atoms with Gasteiger partial charge >= 0.3 is 5.97 Å². The summed E-state index contributed by atoms with van der Waals surface area (Å²) in [6.45, 7) is 0. The van der Waals surface area contributed by atoms with Gasteiger partial charge < -0.3 is 15.3 Å². The van der Waals surface area contributed by atoms with Gasteiger partial charge in [-0.05, 0) is 18.2 Å². The van der Waals surface area contributed by atoms with Gasteiger partial charge in [0.05, 0.1) is 16.7 Å². The van der Waals surface area contributed by atoms with Gasteiger partial charge in [0, 0.05) is 11.1 Å². The SMILES string of the molecule is O=C(O)[13c]1[13cH][13c](O)[13c]2[13c]([13cH]1)C(=O)c1cccc(O)c1C2=O. The van der Waals surface area contributed by atoms with Crippen molar-refractivity contribution in [1.29, 1.82) is 0 Å². The molecule has 6 heteroatoms. The quantitative estimate of drug-likeness (QED) is 0.627. The number of hydrogen-bond donors (Lipinski definition) is 3. The van der Waals surface area contributed by atoms with E-state index < -0.39 is 23.3 Å². The van der Waals surface area contributed by atoms with Crippen LogP contribution < -0.4 is 0 Å². The second-order valence-corrected chi connectivity index (χ2v) is 4.58. The Hall–Kier alpha value is -3.15. The molecule has 0 fully saturated rings. The summed E-state index contributed by atoms with van der Waals surface area (Å²) >= 11 is 0. The third-order valence-corrected chi connectivity index (χ3v) is 3.35. The Morgan fingerprint density at radius 1 is 0.857 bits per heavy atom. The smallest absolute Gasteiger partial charge is 0.335 e. The van der Waals surface area contributed by atoms with Crippen LogP contribution in [-0.4, -0.2) is 32.9 Å². The predicted octanol–water partition coefficient (Wildman–Crippen LogP) is 1.57. The lowest BCUT2D eigenvalue weighted by atomic mass is 10.00. The first-order valence-corrected chi connectivity index (χ1v) is 5.93. The lowest BCUT2D eigenvalue weighted by molar-refractivity contribution is 0.0695. The van der Waals surface area contributed by atoms with Gasteiger partial charge in [-0.3, -0.25) is 9.59 Å². The molecular weight excluding hydrogens is 282 g/mol. The van der Waals surface area contributed by atoms with Gasteiger partial charge in [-0.25, -0.2) is 4.79 Å². The zero-order valence-corrected chi connectivity index (χ0v) is 10.5. The number of rotatable bonds is 1. The first kappa shape index (κ1) is 12.9. The molecular formula is C15H8O6. The van der Waals surface area contributed by atoms with Gasteiger partial charge in [0.1, 0.15) is 11.5 Å². The molecule has 0 unspecified atom stereocenters. The number of carboxylic acid groups (broad SMARTS) is 1. The Balaban J connectivity index is 2.36. The summed E-state index contributed by atoms with van der Waals surface area (Å²) in [6.07, 6.45) is 0. The molecule has 0 amide bonds. The normalized spacial score (nSPS) is 12.8. The molecule has 0 atom stereocenters. The number of phenolic OH excluding ortho intramolecular Hbond substituents is 2. The van der Waals surface area contributed by atoms with Crippen LogP contribution in [0.3, 0.4) is 0 Å². The monoisotopic (exact) mass is 290 g/mol. The van der Waals surface area contributed by atoms with E-state index in [4.69, 9.17) is 5.11 Å². The Morgan fingerprint density at radius 3 is 2.19 bits per heavy atom. The topological polar surface area (TPSA) is 112 Å². The number of fused-ring (bicyclic) bond motifs is 2. The largest absolute Gasteiger partial charge is 0.507 e. The molecule has 0 aliphatic heterocycles. The highest BCUT2D eigenvalue weighted by molar-refractivity contribution is 6.30. The van der Waals surface area contributed by atoms with Crippen LogP contribution in [0.2, 0.25) is 0 Å². The van der Waals surface area contributed by atoms with Crippen molar-refractivity contribution in [3.8, 4) is 11.5 Å². The number of hydrogen-bond acceptors (Lipinski definition) is 5.